The largest absolute Gasteiger partial charge is 0.369 e. The lowest BCUT2D eigenvalue weighted by atomic mass is 10.4. The SMILES string of the molecule is CCNc1ncccc1S(=O)(=O)NCc1nncn1C. The second-order valence-corrected chi connectivity index (χ2v) is 5.80. The van der Waals surface area contributed by atoms with Crippen LogP contribution in [0.2, 0.25) is 0 Å². The average molecular weight is 296 g/mol. The predicted octanol–water partition coefficient (Wildman–Crippen LogP) is 0.120. The van der Waals surface area contributed by atoms with Gasteiger partial charge in [0.1, 0.15) is 22.9 Å². The Hall–Kier alpha value is -2.00. The van der Waals surface area contributed by atoms with E-state index in [4.69, 9.17) is 0 Å². The summed E-state index contributed by atoms with van der Waals surface area (Å²) in [5.74, 6) is 0.864. The Morgan fingerprint density at radius 2 is 2.20 bits per heavy atom. The number of pyridine rings is 1. The normalized spacial score (nSPS) is 11.5. The van der Waals surface area contributed by atoms with Gasteiger partial charge in [-0.15, -0.1) is 10.2 Å². The fourth-order valence-electron chi connectivity index (χ4n) is 1.61. The Balaban J connectivity index is 2.20. The molecule has 0 spiro atoms. The van der Waals surface area contributed by atoms with Gasteiger partial charge in [0.2, 0.25) is 10.0 Å². The van der Waals surface area contributed by atoms with Crippen LogP contribution in [0.4, 0.5) is 5.82 Å². The third kappa shape index (κ3) is 3.11. The summed E-state index contributed by atoms with van der Waals surface area (Å²) in [7, 11) is -1.91. The van der Waals surface area contributed by atoms with Crippen LogP contribution in [0.1, 0.15) is 12.7 Å². The number of rotatable bonds is 6. The first-order chi connectivity index (χ1) is 9.54. The maximum Gasteiger partial charge on any atom is 0.244 e. The van der Waals surface area contributed by atoms with Gasteiger partial charge in [-0.2, -0.15) is 0 Å². The third-order valence-corrected chi connectivity index (χ3v) is 4.06. The van der Waals surface area contributed by atoms with Gasteiger partial charge in [-0.05, 0) is 19.1 Å². The van der Waals surface area contributed by atoms with Crippen LogP contribution >= 0.6 is 0 Å². The van der Waals surface area contributed by atoms with Crippen molar-refractivity contribution in [1.82, 2.24) is 24.5 Å². The van der Waals surface area contributed by atoms with Crippen LogP contribution in [0.15, 0.2) is 29.6 Å². The molecule has 2 rings (SSSR count). The first kappa shape index (κ1) is 14.4. The first-order valence-electron chi connectivity index (χ1n) is 6.06. The van der Waals surface area contributed by atoms with Gasteiger partial charge in [0, 0.05) is 19.8 Å². The van der Waals surface area contributed by atoms with Crippen LogP contribution in [0.25, 0.3) is 0 Å². The zero-order valence-corrected chi connectivity index (χ0v) is 12.1. The molecule has 108 valence electrons. The van der Waals surface area contributed by atoms with E-state index < -0.39 is 10.0 Å². The average Bonchev–Trinajstić information content (AvgIpc) is 2.83. The molecule has 0 unspecified atom stereocenters. The van der Waals surface area contributed by atoms with Gasteiger partial charge in [-0.3, -0.25) is 0 Å². The summed E-state index contributed by atoms with van der Waals surface area (Å²) >= 11 is 0. The van der Waals surface area contributed by atoms with Crippen LogP contribution in [0.5, 0.6) is 0 Å². The molecule has 9 heteroatoms. The molecule has 0 saturated heterocycles. The van der Waals surface area contributed by atoms with E-state index in [1.54, 1.807) is 23.9 Å². The van der Waals surface area contributed by atoms with Gasteiger partial charge in [-0.25, -0.2) is 18.1 Å². The number of hydrogen-bond donors (Lipinski definition) is 2. The van der Waals surface area contributed by atoms with Gasteiger partial charge in [0.25, 0.3) is 0 Å². The van der Waals surface area contributed by atoms with Crippen molar-refractivity contribution in [2.24, 2.45) is 7.05 Å². The summed E-state index contributed by atoms with van der Waals surface area (Å²) in [4.78, 5) is 4.15. The number of hydrogen-bond acceptors (Lipinski definition) is 6. The molecule has 0 aromatic carbocycles. The molecule has 2 N–H and O–H groups in total. The van der Waals surface area contributed by atoms with Crippen molar-refractivity contribution in [3.8, 4) is 0 Å². The molecule has 0 amide bonds. The van der Waals surface area contributed by atoms with E-state index >= 15 is 0 Å². The highest BCUT2D eigenvalue weighted by Crippen LogP contribution is 2.17. The van der Waals surface area contributed by atoms with Crippen LogP contribution in [0, 0.1) is 0 Å². The minimum Gasteiger partial charge on any atom is -0.369 e. The van der Waals surface area contributed by atoms with E-state index in [0.717, 1.165) is 0 Å². The smallest absolute Gasteiger partial charge is 0.244 e. The lowest BCUT2D eigenvalue weighted by molar-refractivity contribution is 0.577. The van der Waals surface area contributed by atoms with E-state index in [-0.39, 0.29) is 11.4 Å². The molecule has 0 saturated carbocycles. The summed E-state index contributed by atoms with van der Waals surface area (Å²) in [5, 5.41) is 10.4. The number of aryl methyl sites for hydroxylation is 1. The molecule has 0 aliphatic heterocycles. The quantitative estimate of drug-likeness (QED) is 0.785. The monoisotopic (exact) mass is 296 g/mol. The van der Waals surface area contributed by atoms with E-state index in [0.29, 0.717) is 18.2 Å². The summed E-state index contributed by atoms with van der Waals surface area (Å²) < 4.78 is 28.7. The summed E-state index contributed by atoms with van der Waals surface area (Å²) in [5.41, 5.74) is 0. The maximum absolute atomic E-state index is 12.3. The molecule has 0 aliphatic carbocycles. The topological polar surface area (TPSA) is 102 Å². The Labute approximate surface area is 117 Å². The molecule has 8 nitrogen and oxygen atoms in total. The number of aromatic nitrogens is 4. The molecule has 20 heavy (non-hydrogen) atoms. The highest BCUT2D eigenvalue weighted by molar-refractivity contribution is 7.89. The molecule has 0 atom stereocenters. The van der Waals surface area contributed by atoms with Crippen molar-refractivity contribution >= 4 is 15.8 Å². The zero-order chi connectivity index (χ0) is 14.6. The fourth-order valence-corrected chi connectivity index (χ4v) is 2.72. The maximum atomic E-state index is 12.3. The second-order valence-electron chi connectivity index (χ2n) is 4.06. The lowest BCUT2D eigenvalue weighted by Gasteiger charge is -2.10. The molecule has 2 aromatic rings. The van der Waals surface area contributed by atoms with Crippen molar-refractivity contribution in [3.05, 3.63) is 30.5 Å². The van der Waals surface area contributed by atoms with E-state index in [9.17, 15) is 8.42 Å². The Kier molecular flexibility index (Phi) is 4.30. The van der Waals surface area contributed by atoms with Crippen LogP contribution in [-0.4, -0.2) is 34.7 Å². The summed E-state index contributed by atoms with van der Waals surface area (Å²) in [6, 6.07) is 3.09. The van der Waals surface area contributed by atoms with E-state index in [1.165, 1.54) is 12.4 Å². The summed E-state index contributed by atoms with van der Waals surface area (Å²) in [6.45, 7) is 2.53. The van der Waals surface area contributed by atoms with Gasteiger partial charge in [0.05, 0.1) is 6.54 Å². The van der Waals surface area contributed by atoms with Crippen LogP contribution in [-0.2, 0) is 23.6 Å². The van der Waals surface area contributed by atoms with Gasteiger partial charge in [0.15, 0.2) is 0 Å². The molecule has 0 aliphatic rings. The van der Waals surface area contributed by atoms with E-state index in [1.807, 2.05) is 6.92 Å². The Morgan fingerprint density at radius 1 is 1.40 bits per heavy atom. The van der Waals surface area contributed by atoms with Gasteiger partial charge in [-0.1, -0.05) is 0 Å². The molecular weight excluding hydrogens is 280 g/mol. The van der Waals surface area contributed by atoms with Gasteiger partial charge < -0.3 is 9.88 Å². The van der Waals surface area contributed by atoms with Crippen LogP contribution in [0.3, 0.4) is 0 Å². The van der Waals surface area contributed by atoms with Crippen molar-refractivity contribution in [1.29, 1.82) is 0 Å². The highest BCUT2D eigenvalue weighted by atomic mass is 32.2. The van der Waals surface area contributed by atoms with Gasteiger partial charge >= 0.3 is 0 Å². The lowest BCUT2D eigenvalue weighted by Crippen LogP contribution is -2.26. The standard InChI is InChI=1S/C11H16N6O2S/c1-3-12-11-9(5-4-6-13-11)20(18,19)15-7-10-16-14-8-17(10)2/h4-6,8,15H,3,7H2,1-2H3,(H,12,13). The van der Waals surface area contributed by atoms with Crippen molar-refractivity contribution in [2.45, 2.75) is 18.4 Å². The molecule has 2 aromatic heterocycles. The van der Waals surface area contributed by atoms with Crippen LogP contribution < -0.4 is 10.0 Å². The third-order valence-electron chi connectivity index (χ3n) is 2.63. The minimum absolute atomic E-state index is 0.0687. The number of anilines is 1. The van der Waals surface area contributed by atoms with Crippen molar-refractivity contribution in [3.63, 3.8) is 0 Å². The zero-order valence-electron chi connectivity index (χ0n) is 11.2. The Bertz CT molecular complexity index is 682. The number of sulfonamides is 1. The first-order valence-corrected chi connectivity index (χ1v) is 7.54. The Morgan fingerprint density at radius 3 is 2.85 bits per heavy atom. The number of nitrogens with zero attached hydrogens (tertiary/aromatic N) is 4. The highest BCUT2D eigenvalue weighted by Gasteiger charge is 2.19. The van der Waals surface area contributed by atoms with E-state index in [2.05, 4.69) is 25.2 Å². The predicted molar refractivity (Wildman–Crippen MR) is 73.4 cm³/mol. The molecular formula is C11H16N6O2S. The van der Waals surface area contributed by atoms with Crippen molar-refractivity contribution in [2.75, 3.05) is 11.9 Å². The minimum atomic E-state index is -3.66. The van der Waals surface area contributed by atoms with Crippen molar-refractivity contribution < 1.29 is 8.42 Å². The molecule has 2 heterocycles. The fraction of sp³-hybridized carbons (Fsp3) is 0.364. The molecule has 0 radical (unpaired) electrons. The summed E-state index contributed by atoms with van der Waals surface area (Å²) in [6.07, 6.45) is 3.05. The molecule has 0 bridgehead atoms. The number of nitrogens with one attached hydrogen (secondary N) is 2. The second kappa shape index (κ2) is 5.97. The molecule has 0 fully saturated rings.